The molecule has 0 atom stereocenters. The molecule has 0 aliphatic carbocycles. The molecule has 0 aliphatic rings. The van der Waals surface area contributed by atoms with Crippen molar-refractivity contribution in [1.29, 1.82) is 0 Å². The largest absolute Gasteiger partial charge is 0.358 e. The maximum absolute atomic E-state index is 11.0. The number of hydrogen-bond acceptors (Lipinski definition) is 3. The van der Waals surface area contributed by atoms with Crippen LogP contribution >= 0.6 is 0 Å². The highest BCUT2D eigenvalue weighted by Crippen LogP contribution is 1.77. The molecule has 0 spiro atoms. The Hall–Kier alpha value is -1.65. The molecule has 0 unspecified atom stereocenters. The Balaban J connectivity index is 2.83. The van der Waals surface area contributed by atoms with Crippen LogP contribution in [0.2, 0.25) is 0 Å². The van der Waals surface area contributed by atoms with Gasteiger partial charge < -0.3 is 5.32 Å². The SMILES string of the molecule is CNC(=O)Cn1cnccc1=O. The number of likely N-dealkylation sites (N-methyl/N-ethyl adjacent to an activating group) is 1. The minimum absolute atomic E-state index is 0.0170. The predicted molar refractivity (Wildman–Crippen MR) is 42.6 cm³/mol. The van der Waals surface area contributed by atoms with E-state index in [0.717, 1.165) is 0 Å². The third kappa shape index (κ3) is 1.91. The number of amides is 1. The monoisotopic (exact) mass is 167 g/mol. The fourth-order valence-corrected chi connectivity index (χ4v) is 0.731. The number of carbonyl (C=O) groups excluding carboxylic acids is 1. The molecule has 0 bridgehead atoms. The van der Waals surface area contributed by atoms with Crippen molar-refractivity contribution < 1.29 is 4.79 Å². The van der Waals surface area contributed by atoms with Gasteiger partial charge in [-0.2, -0.15) is 0 Å². The van der Waals surface area contributed by atoms with Crippen LogP contribution in [0, 0.1) is 0 Å². The van der Waals surface area contributed by atoms with E-state index < -0.39 is 0 Å². The Bertz CT molecular complexity index is 331. The molecule has 0 radical (unpaired) electrons. The van der Waals surface area contributed by atoms with Gasteiger partial charge >= 0.3 is 0 Å². The average molecular weight is 167 g/mol. The summed E-state index contributed by atoms with van der Waals surface area (Å²) in [5.74, 6) is -0.217. The lowest BCUT2D eigenvalue weighted by atomic mass is 10.5. The van der Waals surface area contributed by atoms with Crippen LogP contribution in [-0.2, 0) is 11.3 Å². The van der Waals surface area contributed by atoms with Crippen LogP contribution in [0.15, 0.2) is 23.4 Å². The molecule has 5 heteroatoms. The number of nitrogens with one attached hydrogen (secondary N) is 1. The molecule has 1 N–H and O–H groups in total. The van der Waals surface area contributed by atoms with E-state index in [0.29, 0.717) is 0 Å². The van der Waals surface area contributed by atoms with Crippen molar-refractivity contribution in [2.75, 3.05) is 7.05 Å². The van der Waals surface area contributed by atoms with Crippen molar-refractivity contribution in [3.63, 3.8) is 0 Å². The normalized spacial score (nSPS) is 9.42. The molecule has 0 saturated carbocycles. The summed E-state index contributed by atoms with van der Waals surface area (Å²) >= 11 is 0. The molecule has 1 heterocycles. The van der Waals surface area contributed by atoms with Gasteiger partial charge in [-0.05, 0) is 0 Å². The molecule has 1 aromatic heterocycles. The summed E-state index contributed by atoms with van der Waals surface area (Å²) < 4.78 is 1.23. The van der Waals surface area contributed by atoms with Gasteiger partial charge in [0.2, 0.25) is 5.91 Å². The van der Waals surface area contributed by atoms with E-state index in [9.17, 15) is 9.59 Å². The van der Waals surface area contributed by atoms with Crippen molar-refractivity contribution in [3.05, 3.63) is 28.9 Å². The fraction of sp³-hybridized carbons (Fsp3) is 0.286. The van der Waals surface area contributed by atoms with Gasteiger partial charge in [-0.1, -0.05) is 0 Å². The third-order valence-corrected chi connectivity index (χ3v) is 1.39. The Kier molecular flexibility index (Phi) is 2.57. The lowest BCUT2D eigenvalue weighted by Crippen LogP contribution is -2.29. The van der Waals surface area contributed by atoms with Crippen LogP contribution in [0.5, 0.6) is 0 Å². The van der Waals surface area contributed by atoms with Gasteiger partial charge in [0.1, 0.15) is 6.54 Å². The maximum Gasteiger partial charge on any atom is 0.253 e. The molecule has 0 saturated heterocycles. The average Bonchev–Trinajstić information content (AvgIpc) is 2.09. The smallest absolute Gasteiger partial charge is 0.253 e. The fourth-order valence-electron chi connectivity index (χ4n) is 0.731. The highest BCUT2D eigenvalue weighted by atomic mass is 16.2. The topological polar surface area (TPSA) is 64.0 Å². The highest BCUT2D eigenvalue weighted by Gasteiger charge is 1.99. The summed E-state index contributed by atoms with van der Waals surface area (Å²) in [5, 5.41) is 2.41. The van der Waals surface area contributed by atoms with Gasteiger partial charge in [0.05, 0.1) is 6.33 Å². The van der Waals surface area contributed by atoms with Crippen molar-refractivity contribution >= 4 is 5.91 Å². The molecule has 5 nitrogen and oxygen atoms in total. The second kappa shape index (κ2) is 3.66. The van der Waals surface area contributed by atoms with E-state index in [4.69, 9.17) is 0 Å². The summed E-state index contributed by atoms with van der Waals surface area (Å²) in [5.41, 5.74) is -0.228. The highest BCUT2D eigenvalue weighted by molar-refractivity contribution is 5.75. The van der Waals surface area contributed by atoms with Crippen molar-refractivity contribution in [2.45, 2.75) is 6.54 Å². The maximum atomic E-state index is 11.0. The number of hydrogen-bond donors (Lipinski definition) is 1. The Morgan fingerprint density at radius 1 is 1.75 bits per heavy atom. The number of carbonyl (C=O) groups is 1. The molecule has 1 amide bonds. The van der Waals surface area contributed by atoms with Crippen molar-refractivity contribution in [2.24, 2.45) is 0 Å². The first-order valence-corrected chi connectivity index (χ1v) is 3.45. The lowest BCUT2D eigenvalue weighted by Gasteiger charge is -2.01. The van der Waals surface area contributed by atoms with E-state index >= 15 is 0 Å². The zero-order chi connectivity index (χ0) is 8.97. The molecule has 12 heavy (non-hydrogen) atoms. The standard InChI is InChI=1S/C7H9N3O2/c1-8-6(11)4-10-5-9-3-2-7(10)12/h2-3,5H,4H2,1H3,(H,8,11). The predicted octanol–water partition coefficient (Wildman–Crippen LogP) is -1.01. The summed E-state index contributed by atoms with van der Waals surface area (Å²) in [4.78, 5) is 25.6. The molecular formula is C7H9N3O2. The summed E-state index contributed by atoms with van der Waals surface area (Å²) in [6.07, 6.45) is 2.72. The number of rotatable bonds is 2. The van der Waals surface area contributed by atoms with E-state index in [-0.39, 0.29) is 18.0 Å². The number of aromatic nitrogens is 2. The van der Waals surface area contributed by atoms with E-state index in [1.807, 2.05) is 0 Å². The zero-order valence-corrected chi connectivity index (χ0v) is 6.65. The molecule has 0 fully saturated rings. The van der Waals surface area contributed by atoms with Gasteiger partial charge in [-0.15, -0.1) is 0 Å². The van der Waals surface area contributed by atoms with Crippen LogP contribution in [0.3, 0.4) is 0 Å². The molecule has 64 valence electrons. The first-order valence-electron chi connectivity index (χ1n) is 3.45. The van der Waals surface area contributed by atoms with Gasteiger partial charge in [-0.25, -0.2) is 4.98 Å². The van der Waals surface area contributed by atoms with Crippen molar-refractivity contribution in [3.8, 4) is 0 Å². The minimum Gasteiger partial charge on any atom is -0.358 e. The Morgan fingerprint density at radius 3 is 3.08 bits per heavy atom. The molecule has 1 rings (SSSR count). The van der Waals surface area contributed by atoms with E-state index in [1.165, 1.54) is 30.2 Å². The van der Waals surface area contributed by atoms with E-state index in [2.05, 4.69) is 10.3 Å². The van der Waals surface area contributed by atoms with Crippen LogP contribution in [0.4, 0.5) is 0 Å². The van der Waals surface area contributed by atoms with E-state index in [1.54, 1.807) is 0 Å². The second-order valence-corrected chi connectivity index (χ2v) is 2.22. The summed E-state index contributed by atoms with van der Waals surface area (Å²) in [6, 6.07) is 1.31. The first kappa shape index (κ1) is 8.45. The quantitative estimate of drug-likeness (QED) is 0.613. The van der Waals surface area contributed by atoms with Gasteiger partial charge in [0, 0.05) is 19.3 Å². The summed E-state index contributed by atoms with van der Waals surface area (Å²) in [7, 11) is 1.52. The minimum atomic E-state index is -0.228. The van der Waals surface area contributed by atoms with Gasteiger partial charge in [0.15, 0.2) is 0 Å². The van der Waals surface area contributed by atoms with Gasteiger partial charge in [0.25, 0.3) is 5.56 Å². The molecular weight excluding hydrogens is 158 g/mol. The Morgan fingerprint density at radius 2 is 2.50 bits per heavy atom. The Labute approximate surface area is 69.0 Å². The van der Waals surface area contributed by atoms with Gasteiger partial charge in [-0.3, -0.25) is 14.2 Å². The van der Waals surface area contributed by atoms with Crippen LogP contribution < -0.4 is 10.9 Å². The second-order valence-electron chi connectivity index (χ2n) is 2.22. The zero-order valence-electron chi connectivity index (χ0n) is 6.65. The molecule has 0 aromatic carbocycles. The lowest BCUT2D eigenvalue weighted by molar-refractivity contribution is -0.121. The molecule has 0 aliphatic heterocycles. The number of nitrogens with zero attached hydrogens (tertiary/aromatic N) is 2. The first-order chi connectivity index (χ1) is 5.74. The van der Waals surface area contributed by atoms with Crippen molar-refractivity contribution in [1.82, 2.24) is 14.9 Å². The molecule has 1 aromatic rings. The van der Waals surface area contributed by atoms with Crippen LogP contribution in [0.25, 0.3) is 0 Å². The third-order valence-electron chi connectivity index (χ3n) is 1.39. The summed E-state index contributed by atoms with van der Waals surface area (Å²) in [6.45, 7) is 0.0170. The van der Waals surface area contributed by atoms with Crippen LogP contribution in [0.1, 0.15) is 0 Å². The van der Waals surface area contributed by atoms with Crippen LogP contribution in [-0.4, -0.2) is 22.5 Å².